The maximum atomic E-state index is 13.7. The molecule has 0 bridgehead atoms. The number of hydrogen-bond donors (Lipinski definition) is 1. The summed E-state index contributed by atoms with van der Waals surface area (Å²) in [6.45, 7) is 4.00. The predicted molar refractivity (Wildman–Crippen MR) is 106 cm³/mol. The zero-order valence-corrected chi connectivity index (χ0v) is 16.2. The number of carbonyl (C=O) groups is 1. The molecule has 0 atom stereocenters. The lowest BCUT2D eigenvalue weighted by atomic mass is 10.1. The average molecular weight is 387 g/mol. The first kappa shape index (κ1) is 18.6. The monoisotopic (exact) mass is 386 g/mol. The Kier molecular flexibility index (Phi) is 6.06. The van der Waals surface area contributed by atoms with Gasteiger partial charge in [-0.1, -0.05) is 47.7 Å². The summed E-state index contributed by atoms with van der Waals surface area (Å²) in [5, 5.41) is 4.81. The fourth-order valence-electron chi connectivity index (χ4n) is 2.50. The number of halogens is 1. The number of carbonyl (C=O) groups excluding carboxylic acids is 1. The zero-order chi connectivity index (χ0) is 18.5. The van der Waals surface area contributed by atoms with Gasteiger partial charge >= 0.3 is 0 Å². The molecule has 0 saturated carbocycles. The van der Waals surface area contributed by atoms with Crippen LogP contribution >= 0.6 is 23.1 Å². The van der Waals surface area contributed by atoms with Crippen molar-refractivity contribution in [1.29, 1.82) is 0 Å². The molecule has 0 fully saturated rings. The van der Waals surface area contributed by atoms with Gasteiger partial charge in [0, 0.05) is 16.8 Å². The second kappa shape index (κ2) is 8.47. The Morgan fingerprint density at radius 3 is 2.81 bits per heavy atom. The van der Waals surface area contributed by atoms with Crippen LogP contribution in [0.5, 0.6) is 0 Å². The van der Waals surface area contributed by atoms with Gasteiger partial charge in [0.1, 0.15) is 10.2 Å². The van der Waals surface area contributed by atoms with Crippen LogP contribution in [-0.2, 0) is 17.0 Å². The molecule has 0 radical (unpaired) electrons. The van der Waals surface area contributed by atoms with Crippen molar-refractivity contribution in [3.05, 3.63) is 76.0 Å². The number of thiazole rings is 1. The normalized spacial score (nSPS) is 10.7. The zero-order valence-electron chi connectivity index (χ0n) is 14.6. The van der Waals surface area contributed by atoms with E-state index in [1.807, 2.05) is 43.5 Å². The molecule has 1 N–H and O–H groups in total. The number of hydrogen-bond acceptors (Lipinski definition) is 4. The lowest BCUT2D eigenvalue weighted by molar-refractivity contribution is -0.115. The maximum absolute atomic E-state index is 13.7. The largest absolute Gasteiger partial charge is 0.326 e. The topological polar surface area (TPSA) is 42.0 Å². The summed E-state index contributed by atoms with van der Waals surface area (Å²) >= 11 is 2.96. The van der Waals surface area contributed by atoms with Gasteiger partial charge in [-0.15, -0.1) is 11.3 Å². The van der Waals surface area contributed by atoms with Crippen molar-refractivity contribution in [1.82, 2.24) is 4.98 Å². The Morgan fingerprint density at radius 2 is 2.04 bits per heavy atom. The lowest BCUT2D eigenvalue weighted by Crippen LogP contribution is -2.15. The number of nitrogens with one attached hydrogen (secondary N) is 1. The van der Waals surface area contributed by atoms with Crippen molar-refractivity contribution in [3.63, 3.8) is 0 Å². The highest BCUT2D eigenvalue weighted by Crippen LogP contribution is 2.27. The minimum atomic E-state index is -0.204. The molecule has 0 aliphatic carbocycles. The number of benzene rings is 2. The number of thioether (sulfide) groups is 1. The van der Waals surface area contributed by atoms with E-state index in [0.717, 1.165) is 26.8 Å². The molecule has 1 amide bonds. The second-order valence-electron chi connectivity index (χ2n) is 6.03. The summed E-state index contributed by atoms with van der Waals surface area (Å²) in [4.78, 5) is 16.7. The fraction of sp³-hybridized carbons (Fsp3) is 0.200. The SMILES string of the molecule is Cc1ccc(NC(=O)Cc2csc(SCc3ccccc3F)n2)c(C)c1. The molecular formula is C20H19FN2OS2. The molecule has 134 valence electrons. The Bertz CT molecular complexity index is 924. The van der Waals surface area contributed by atoms with Crippen LogP contribution in [0.25, 0.3) is 0 Å². The highest BCUT2D eigenvalue weighted by Gasteiger charge is 2.10. The van der Waals surface area contributed by atoms with Gasteiger partial charge in [-0.3, -0.25) is 4.79 Å². The van der Waals surface area contributed by atoms with Crippen LogP contribution in [0.3, 0.4) is 0 Å². The van der Waals surface area contributed by atoms with Gasteiger partial charge in [0.2, 0.25) is 5.91 Å². The quantitative estimate of drug-likeness (QED) is 0.579. The second-order valence-corrected chi connectivity index (χ2v) is 8.11. The van der Waals surface area contributed by atoms with Crippen molar-refractivity contribution in [3.8, 4) is 0 Å². The molecule has 0 aliphatic rings. The number of anilines is 1. The van der Waals surface area contributed by atoms with Crippen LogP contribution in [-0.4, -0.2) is 10.9 Å². The van der Waals surface area contributed by atoms with E-state index >= 15 is 0 Å². The third-order valence-electron chi connectivity index (χ3n) is 3.84. The van der Waals surface area contributed by atoms with Gasteiger partial charge in [0.05, 0.1) is 12.1 Å². The van der Waals surface area contributed by atoms with Gasteiger partial charge in [0.15, 0.2) is 0 Å². The fourth-order valence-corrected chi connectivity index (χ4v) is 4.33. The van der Waals surface area contributed by atoms with E-state index in [1.54, 1.807) is 12.1 Å². The first-order valence-corrected chi connectivity index (χ1v) is 10.1. The molecule has 2 aromatic carbocycles. The van der Waals surface area contributed by atoms with Crippen LogP contribution in [0.1, 0.15) is 22.4 Å². The molecule has 1 heterocycles. The number of amides is 1. The van der Waals surface area contributed by atoms with E-state index in [0.29, 0.717) is 11.3 Å². The van der Waals surface area contributed by atoms with Crippen molar-refractivity contribution in [2.45, 2.75) is 30.4 Å². The summed E-state index contributed by atoms with van der Waals surface area (Å²) in [5.41, 5.74) is 4.41. The van der Waals surface area contributed by atoms with Gasteiger partial charge in [-0.2, -0.15) is 0 Å². The predicted octanol–water partition coefficient (Wildman–Crippen LogP) is 5.37. The van der Waals surface area contributed by atoms with Crippen LogP contribution < -0.4 is 5.32 Å². The molecule has 26 heavy (non-hydrogen) atoms. The minimum Gasteiger partial charge on any atom is -0.326 e. The van der Waals surface area contributed by atoms with Crippen molar-refractivity contribution in [2.75, 3.05) is 5.32 Å². The van der Waals surface area contributed by atoms with Crippen LogP contribution in [0.4, 0.5) is 10.1 Å². The van der Waals surface area contributed by atoms with Crippen molar-refractivity contribution < 1.29 is 9.18 Å². The third kappa shape index (κ3) is 4.93. The van der Waals surface area contributed by atoms with E-state index in [4.69, 9.17) is 0 Å². The molecule has 0 aliphatic heterocycles. The standard InChI is InChI=1S/C20H19FN2OS2/c1-13-7-8-18(14(2)9-13)23-19(24)10-16-12-26-20(22-16)25-11-15-5-3-4-6-17(15)21/h3-9,12H,10-11H2,1-2H3,(H,23,24). The highest BCUT2D eigenvalue weighted by molar-refractivity contribution is 8.00. The molecular weight excluding hydrogens is 367 g/mol. The molecule has 3 rings (SSSR count). The Hall–Kier alpha value is -2.18. The van der Waals surface area contributed by atoms with E-state index in [1.165, 1.54) is 29.2 Å². The molecule has 0 spiro atoms. The van der Waals surface area contributed by atoms with Gasteiger partial charge in [0.25, 0.3) is 0 Å². The van der Waals surface area contributed by atoms with Crippen molar-refractivity contribution in [2.24, 2.45) is 0 Å². The first-order valence-electron chi connectivity index (χ1n) is 8.19. The van der Waals surface area contributed by atoms with Gasteiger partial charge in [-0.05, 0) is 37.1 Å². The summed E-state index contributed by atoms with van der Waals surface area (Å²) in [6, 6.07) is 12.7. The smallest absolute Gasteiger partial charge is 0.230 e. The maximum Gasteiger partial charge on any atom is 0.230 e. The molecule has 0 saturated heterocycles. The average Bonchev–Trinajstić information content (AvgIpc) is 3.04. The van der Waals surface area contributed by atoms with Crippen LogP contribution in [0, 0.1) is 19.7 Å². The van der Waals surface area contributed by atoms with Gasteiger partial charge in [-0.25, -0.2) is 9.37 Å². The van der Waals surface area contributed by atoms with E-state index in [2.05, 4.69) is 10.3 Å². The molecule has 1 aromatic heterocycles. The highest BCUT2D eigenvalue weighted by atomic mass is 32.2. The lowest BCUT2D eigenvalue weighted by Gasteiger charge is -2.08. The summed E-state index contributed by atoms with van der Waals surface area (Å²) < 4.78 is 14.5. The van der Waals surface area contributed by atoms with E-state index < -0.39 is 0 Å². The molecule has 3 nitrogen and oxygen atoms in total. The summed E-state index contributed by atoms with van der Waals surface area (Å²) in [5.74, 6) is 0.228. The third-order valence-corrected chi connectivity index (χ3v) is 5.96. The van der Waals surface area contributed by atoms with Crippen LogP contribution in [0.2, 0.25) is 0 Å². The summed E-state index contributed by atoms with van der Waals surface area (Å²) in [6.07, 6.45) is 0.226. The first-order chi connectivity index (χ1) is 12.5. The van der Waals surface area contributed by atoms with Crippen molar-refractivity contribution >= 4 is 34.7 Å². The molecule has 3 aromatic rings. The summed E-state index contributed by atoms with van der Waals surface area (Å²) in [7, 11) is 0. The number of nitrogens with zero attached hydrogens (tertiary/aromatic N) is 1. The van der Waals surface area contributed by atoms with Crippen LogP contribution in [0.15, 0.2) is 52.2 Å². The Balaban J connectivity index is 1.56. The number of aromatic nitrogens is 1. The van der Waals surface area contributed by atoms with E-state index in [-0.39, 0.29) is 18.1 Å². The Labute approximate surface area is 160 Å². The number of rotatable bonds is 6. The molecule has 0 unspecified atom stereocenters. The van der Waals surface area contributed by atoms with E-state index in [9.17, 15) is 9.18 Å². The molecule has 6 heteroatoms. The van der Waals surface area contributed by atoms with Gasteiger partial charge < -0.3 is 5.32 Å². The Morgan fingerprint density at radius 1 is 1.23 bits per heavy atom. The number of aryl methyl sites for hydroxylation is 2. The minimum absolute atomic E-state index is 0.0899.